The molecule has 0 heterocycles. The van der Waals surface area contributed by atoms with E-state index >= 15 is 0 Å². The lowest BCUT2D eigenvalue weighted by molar-refractivity contribution is -0.123. The highest BCUT2D eigenvalue weighted by Crippen LogP contribution is 2.16. The van der Waals surface area contributed by atoms with E-state index in [9.17, 15) is 4.79 Å². The lowest BCUT2D eigenvalue weighted by atomic mass is 10.2. The van der Waals surface area contributed by atoms with E-state index in [4.69, 9.17) is 15.1 Å². The number of nitriles is 1. The minimum absolute atomic E-state index is 0.156. The molecule has 0 radical (unpaired) electrons. The Kier molecular flexibility index (Phi) is 4.78. The van der Waals surface area contributed by atoms with Gasteiger partial charge in [-0.25, -0.2) is 0 Å². The molecular formula is C16H14N2O3. The Labute approximate surface area is 122 Å². The Morgan fingerprint density at radius 1 is 1.19 bits per heavy atom. The van der Waals surface area contributed by atoms with Crippen LogP contribution in [0.15, 0.2) is 48.5 Å². The molecule has 2 aromatic rings. The molecule has 0 aliphatic heterocycles. The molecule has 0 atom stereocenters. The molecule has 2 aromatic carbocycles. The van der Waals surface area contributed by atoms with Crippen LogP contribution in [0.5, 0.6) is 11.5 Å². The molecule has 106 valence electrons. The molecule has 0 aliphatic rings. The predicted octanol–water partition coefficient (Wildman–Crippen LogP) is 1.96. The van der Waals surface area contributed by atoms with Crippen molar-refractivity contribution in [2.24, 2.45) is 0 Å². The van der Waals surface area contributed by atoms with Crippen LogP contribution in [0.25, 0.3) is 0 Å². The minimum Gasteiger partial charge on any atom is -0.508 e. The van der Waals surface area contributed by atoms with Crippen LogP contribution >= 0.6 is 0 Å². The molecule has 0 spiro atoms. The fourth-order valence-electron chi connectivity index (χ4n) is 1.69. The highest BCUT2D eigenvalue weighted by Gasteiger charge is 2.06. The van der Waals surface area contributed by atoms with Crippen molar-refractivity contribution in [2.75, 3.05) is 6.61 Å². The number of carbonyl (C=O) groups is 1. The summed E-state index contributed by atoms with van der Waals surface area (Å²) in [4.78, 5) is 11.7. The fourth-order valence-corrected chi connectivity index (χ4v) is 1.69. The maximum atomic E-state index is 11.7. The number of phenolic OH excluding ortho intramolecular Hbond substituents is 1. The first-order valence-corrected chi connectivity index (χ1v) is 6.35. The number of para-hydroxylation sites is 1. The van der Waals surface area contributed by atoms with Crippen molar-refractivity contribution >= 4 is 5.91 Å². The SMILES string of the molecule is N#Cc1ccccc1OCC(=O)NCc1ccc(O)cc1. The second-order valence-corrected chi connectivity index (χ2v) is 4.34. The summed E-state index contributed by atoms with van der Waals surface area (Å²) in [5.74, 6) is 0.289. The lowest BCUT2D eigenvalue weighted by Gasteiger charge is -2.08. The first-order chi connectivity index (χ1) is 10.2. The quantitative estimate of drug-likeness (QED) is 0.878. The van der Waals surface area contributed by atoms with Gasteiger partial charge in [0.2, 0.25) is 0 Å². The molecule has 5 nitrogen and oxygen atoms in total. The summed E-state index contributed by atoms with van der Waals surface area (Å²) < 4.78 is 5.32. The Balaban J connectivity index is 1.82. The smallest absolute Gasteiger partial charge is 0.258 e. The monoisotopic (exact) mass is 282 g/mol. The summed E-state index contributed by atoms with van der Waals surface area (Å²) >= 11 is 0. The topological polar surface area (TPSA) is 82.3 Å². The number of amides is 1. The molecular weight excluding hydrogens is 268 g/mol. The highest BCUT2D eigenvalue weighted by molar-refractivity contribution is 5.77. The average molecular weight is 282 g/mol. The number of carbonyl (C=O) groups excluding carboxylic acids is 1. The van der Waals surface area contributed by atoms with Crippen molar-refractivity contribution in [3.63, 3.8) is 0 Å². The first kappa shape index (κ1) is 14.4. The van der Waals surface area contributed by atoms with Gasteiger partial charge in [-0.2, -0.15) is 5.26 Å². The molecule has 0 aliphatic carbocycles. The third-order valence-corrected chi connectivity index (χ3v) is 2.79. The van der Waals surface area contributed by atoms with Gasteiger partial charge in [0, 0.05) is 6.54 Å². The molecule has 0 fully saturated rings. The summed E-state index contributed by atoms with van der Waals surface area (Å²) in [6, 6.07) is 15.3. The van der Waals surface area contributed by atoms with Gasteiger partial charge >= 0.3 is 0 Å². The minimum atomic E-state index is -0.282. The molecule has 5 heteroatoms. The lowest BCUT2D eigenvalue weighted by Crippen LogP contribution is -2.28. The summed E-state index contributed by atoms with van der Waals surface area (Å²) in [5.41, 5.74) is 1.27. The first-order valence-electron chi connectivity index (χ1n) is 6.35. The third-order valence-electron chi connectivity index (χ3n) is 2.79. The van der Waals surface area contributed by atoms with Gasteiger partial charge in [-0.05, 0) is 29.8 Å². The number of rotatable bonds is 5. The number of hydrogen-bond donors (Lipinski definition) is 2. The van der Waals surface area contributed by atoms with Gasteiger partial charge in [-0.15, -0.1) is 0 Å². The number of aromatic hydroxyl groups is 1. The Morgan fingerprint density at radius 3 is 2.62 bits per heavy atom. The fraction of sp³-hybridized carbons (Fsp3) is 0.125. The molecule has 2 rings (SSSR count). The molecule has 0 unspecified atom stereocenters. The molecule has 2 N–H and O–H groups in total. The van der Waals surface area contributed by atoms with Gasteiger partial charge in [-0.1, -0.05) is 24.3 Å². The molecule has 1 amide bonds. The van der Waals surface area contributed by atoms with E-state index in [2.05, 4.69) is 5.32 Å². The van der Waals surface area contributed by atoms with E-state index in [0.29, 0.717) is 17.9 Å². The van der Waals surface area contributed by atoms with Crippen molar-refractivity contribution in [2.45, 2.75) is 6.54 Å². The van der Waals surface area contributed by atoms with E-state index in [1.807, 2.05) is 6.07 Å². The number of ether oxygens (including phenoxy) is 1. The highest BCUT2D eigenvalue weighted by atomic mass is 16.5. The van der Waals surface area contributed by atoms with Crippen molar-refractivity contribution in [1.29, 1.82) is 5.26 Å². The van der Waals surface area contributed by atoms with Crippen LogP contribution in [0.2, 0.25) is 0 Å². The van der Waals surface area contributed by atoms with Gasteiger partial charge in [-0.3, -0.25) is 4.79 Å². The van der Waals surface area contributed by atoms with Crippen molar-refractivity contribution in [3.05, 3.63) is 59.7 Å². The van der Waals surface area contributed by atoms with Crippen molar-refractivity contribution in [3.8, 4) is 17.6 Å². The average Bonchev–Trinajstić information content (AvgIpc) is 2.52. The van der Waals surface area contributed by atoms with Crippen LogP contribution in [0.1, 0.15) is 11.1 Å². The number of phenols is 1. The van der Waals surface area contributed by atoms with Crippen LogP contribution in [-0.4, -0.2) is 17.6 Å². The van der Waals surface area contributed by atoms with Crippen molar-refractivity contribution < 1.29 is 14.6 Å². The summed E-state index contributed by atoms with van der Waals surface area (Å²) in [6.07, 6.45) is 0. The Bertz CT molecular complexity index is 660. The summed E-state index contributed by atoms with van der Waals surface area (Å²) in [6.45, 7) is 0.194. The van der Waals surface area contributed by atoms with Crippen LogP contribution in [-0.2, 0) is 11.3 Å². The maximum Gasteiger partial charge on any atom is 0.258 e. The van der Waals surface area contributed by atoms with E-state index in [1.165, 1.54) is 0 Å². The summed E-state index contributed by atoms with van der Waals surface area (Å²) in [5, 5.41) is 20.8. The standard InChI is InChI=1S/C16H14N2O3/c17-9-13-3-1-2-4-15(13)21-11-16(20)18-10-12-5-7-14(19)8-6-12/h1-8,19H,10-11H2,(H,18,20). The molecule has 0 saturated carbocycles. The predicted molar refractivity (Wildman–Crippen MR) is 76.6 cm³/mol. The second-order valence-electron chi connectivity index (χ2n) is 4.34. The summed E-state index contributed by atoms with van der Waals surface area (Å²) in [7, 11) is 0. The van der Waals surface area contributed by atoms with E-state index in [-0.39, 0.29) is 18.3 Å². The van der Waals surface area contributed by atoms with Crippen LogP contribution in [0, 0.1) is 11.3 Å². The van der Waals surface area contributed by atoms with E-state index < -0.39 is 0 Å². The normalized spacial score (nSPS) is 9.67. The number of nitrogens with zero attached hydrogens (tertiary/aromatic N) is 1. The zero-order valence-corrected chi connectivity index (χ0v) is 11.2. The van der Waals surface area contributed by atoms with E-state index in [0.717, 1.165) is 5.56 Å². The number of benzene rings is 2. The van der Waals surface area contributed by atoms with Crippen molar-refractivity contribution in [1.82, 2.24) is 5.32 Å². The van der Waals surface area contributed by atoms with Gasteiger partial charge in [0.15, 0.2) is 6.61 Å². The van der Waals surface area contributed by atoms with Crippen LogP contribution in [0.4, 0.5) is 0 Å². The zero-order chi connectivity index (χ0) is 15.1. The van der Waals surface area contributed by atoms with E-state index in [1.54, 1.807) is 48.5 Å². The maximum absolute atomic E-state index is 11.7. The largest absolute Gasteiger partial charge is 0.508 e. The Morgan fingerprint density at radius 2 is 1.90 bits per heavy atom. The molecule has 0 bridgehead atoms. The number of nitrogens with one attached hydrogen (secondary N) is 1. The second kappa shape index (κ2) is 6.96. The van der Waals surface area contributed by atoms with Gasteiger partial charge in [0.05, 0.1) is 5.56 Å². The van der Waals surface area contributed by atoms with Gasteiger partial charge in [0.1, 0.15) is 17.6 Å². The number of hydrogen-bond acceptors (Lipinski definition) is 4. The van der Waals surface area contributed by atoms with Crippen LogP contribution < -0.4 is 10.1 Å². The zero-order valence-electron chi connectivity index (χ0n) is 11.2. The molecule has 0 saturated heterocycles. The van der Waals surface area contributed by atoms with Gasteiger partial charge in [0.25, 0.3) is 5.91 Å². The van der Waals surface area contributed by atoms with Gasteiger partial charge < -0.3 is 15.2 Å². The third kappa shape index (κ3) is 4.25. The molecule has 21 heavy (non-hydrogen) atoms. The Hall–Kier alpha value is -3.00. The van der Waals surface area contributed by atoms with Crippen LogP contribution in [0.3, 0.4) is 0 Å². The molecule has 0 aromatic heterocycles.